The van der Waals surface area contributed by atoms with Crippen molar-refractivity contribution in [2.75, 3.05) is 6.61 Å². The van der Waals surface area contributed by atoms with Gasteiger partial charge in [-0.2, -0.15) is 8.78 Å². The number of benzene rings is 1. The molecule has 0 aromatic heterocycles. The third kappa shape index (κ3) is 6.72. The van der Waals surface area contributed by atoms with E-state index in [0.29, 0.717) is 17.6 Å². The van der Waals surface area contributed by atoms with Gasteiger partial charge in [0.1, 0.15) is 0 Å². The van der Waals surface area contributed by atoms with E-state index >= 15 is 0 Å². The Morgan fingerprint density at radius 1 is 1.00 bits per heavy atom. The summed E-state index contributed by atoms with van der Waals surface area (Å²) in [7, 11) is 0. The summed E-state index contributed by atoms with van der Waals surface area (Å²) in [5.41, 5.74) is 1.84. The van der Waals surface area contributed by atoms with E-state index in [-0.39, 0.29) is 0 Å². The minimum absolute atomic E-state index is 0.412. The van der Waals surface area contributed by atoms with Gasteiger partial charge in [0.15, 0.2) is 0 Å². The molecule has 0 N–H and O–H groups in total. The van der Waals surface area contributed by atoms with Gasteiger partial charge in [-0.25, -0.2) is 0 Å². The molecule has 0 amide bonds. The van der Waals surface area contributed by atoms with Crippen molar-refractivity contribution in [3.8, 4) is 0 Å². The highest BCUT2D eigenvalue weighted by Gasteiger charge is 2.22. The third-order valence-corrected chi connectivity index (χ3v) is 4.96. The van der Waals surface area contributed by atoms with Crippen molar-refractivity contribution < 1.29 is 13.5 Å². The Hall–Kier alpha value is -1.22. The van der Waals surface area contributed by atoms with Crippen molar-refractivity contribution in [2.24, 2.45) is 0 Å². The molecule has 0 bridgehead atoms. The summed E-state index contributed by atoms with van der Waals surface area (Å²) >= 11 is 0. The van der Waals surface area contributed by atoms with Gasteiger partial charge in [0.2, 0.25) is 0 Å². The lowest BCUT2D eigenvalue weighted by Gasteiger charge is -2.29. The summed E-state index contributed by atoms with van der Waals surface area (Å²) in [5.74, 6) is 0.544. The maximum Gasteiger partial charge on any atom is 0.270 e. The first kappa shape index (κ1) is 19.1. The van der Waals surface area contributed by atoms with E-state index in [1.807, 2.05) is 12.1 Å². The van der Waals surface area contributed by atoms with Crippen LogP contribution in [0.1, 0.15) is 81.8 Å². The molecule has 2 rings (SSSR count). The zero-order chi connectivity index (χ0) is 17.2. The molecule has 1 fully saturated rings. The predicted molar refractivity (Wildman–Crippen MR) is 96.3 cm³/mol. The van der Waals surface area contributed by atoms with Crippen LogP contribution in [-0.2, 0) is 4.74 Å². The SMILES string of the molecule is CCCCCCCOC1CCC(c2ccc(C=C(F)F)cc2)CC1. The molecule has 1 nitrogen and oxygen atoms in total. The van der Waals surface area contributed by atoms with Crippen LogP contribution in [0.25, 0.3) is 6.08 Å². The lowest BCUT2D eigenvalue weighted by molar-refractivity contribution is 0.0226. The smallest absolute Gasteiger partial charge is 0.270 e. The summed E-state index contributed by atoms with van der Waals surface area (Å²) < 4.78 is 30.5. The van der Waals surface area contributed by atoms with Gasteiger partial charge in [0.05, 0.1) is 6.10 Å². The average molecular weight is 336 g/mol. The summed E-state index contributed by atoms with van der Waals surface area (Å²) in [5, 5.41) is 0. The second-order valence-corrected chi connectivity index (χ2v) is 6.86. The molecule has 0 aliphatic heterocycles. The van der Waals surface area contributed by atoms with E-state index in [4.69, 9.17) is 4.74 Å². The fraction of sp³-hybridized carbons (Fsp3) is 0.619. The zero-order valence-electron chi connectivity index (χ0n) is 14.8. The standard InChI is InChI=1S/C21H30F2O/c1-2-3-4-5-6-15-24-20-13-11-19(12-14-20)18-9-7-17(8-10-18)16-21(22)23/h7-10,16,19-20H,2-6,11-15H2,1H3. The summed E-state index contributed by atoms with van der Waals surface area (Å²) in [6, 6.07) is 7.56. The Labute approximate surface area is 145 Å². The lowest BCUT2D eigenvalue weighted by Crippen LogP contribution is -2.21. The Morgan fingerprint density at radius 2 is 1.67 bits per heavy atom. The van der Waals surface area contributed by atoms with Crippen LogP contribution in [0.3, 0.4) is 0 Å². The zero-order valence-corrected chi connectivity index (χ0v) is 14.8. The van der Waals surface area contributed by atoms with Crippen molar-refractivity contribution in [1.29, 1.82) is 0 Å². The van der Waals surface area contributed by atoms with Crippen molar-refractivity contribution in [2.45, 2.75) is 76.7 Å². The highest BCUT2D eigenvalue weighted by molar-refractivity contribution is 5.50. The van der Waals surface area contributed by atoms with E-state index in [2.05, 4.69) is 6.92 Å². The van der Waals surface area contributed by atoms with Crippen LogP contribution in [0.2, 0.25) is 0 Å². The van der Waals surface area contributed by atoms with Gasteiger partial charge >= 0.3 is 0 Å². The summed E-state index contributed by atoms with van der Waals surface area (Å²) in [4.78, 5) is 0. The molecule has 1 aromatic carbocycles. The van der Waals surface area contributed by atoms with E-state index in [1.54, 1.807) is 12.1 Å². The Morgan fingerprint density at radius 3 is 2.29 bits per heavy atom. The van der Waals surface area contributed by atoms with Crippen LogP contribution >= 0.6 is 0 Å². The van der Waals surface area contributed by atoms with Crippen molar-refractivity contribution >= 4 is 6.08 Å². The van der Waals surface area contributed by atoms with Crippen LogP contribution in [0.5, 0.6) is 0 Å². The van der Waals surface area contributed by atoms with Crippen LogP contribution in [0.15, 0.2) is 30.3 Å². The van der Waals surface area contributed by atoms with Crippen LogP contribution in [0, 0.1) is 0 Å². The van der Waals surface area contributed by atoms with Gasteiger partial charge in [0.25, 0.3) is 6.08 Å². The van der Waals surface area contributed by atoms with E-state index < -0.39 is 6.08 Å². The monoisotopic (exact) mass is 336 g/mol. The maximum absolute atomic E-state index is 12.3. The molecule has 1 aromatic rings. The van der Waals surface area contributed by atoms with Gasteiger partial charge in [-0.3, -0.25) is 0 Å². The molecule has 0 saturated heterocycles. The molecule has 0 heterocycles. The van der Waals surface area contributed by atoms with Crippen molar-refractivity contribution in [3.05, 3.63) is 41.5 Å². The molecular weight excluding hydrogens is 306 g/mol. The quantitative estimate of drug-likeness (QED) is 0.444. The average Bonchev–Trinajstić information content (AvgIpc) is 2.59. The number of unbranched alkanes of at least 4 members (excludes halogenated alkanes) is 4. The van der Waals surface area contributed by atoms with Gasteiger partial charge in [-0.15, -0.1) is 0 Å². The first-order valence-electron chi connectivity index (χ1n) is 9.43. The van der Waals surface area contributed by atoms with E-state index in [0.717, 1.165) is 38.4 Å². The van der Waals surface area contributed by atoms with Gasteiger partial charge < -0.3 is 4.74 Å². The fourth-order valence-corrected chi connectivity index (χ4v) is 3.51. The third-order valence-electron chi connectivity index (χ3n) is 4.96. The Kier molecular flexibility index (Phi) is 8.44. The van der Waals surface area contributed by atoms with Crippen LogP contribution < -0.4 is 0 Å². The Balaban J connectivity index is 1.68. The minimum Gasteiger partial charge on any atom is -0.378 e. The summed E-state index contributed by atoms with van der Waals surface area (Å²) in [6.45, 7) is 3.13. The highest BCUT2D eigenvalue weighted by atomic mass is 19.3. The van der Waals surface area contributed by atoms with Gasteiger partial charge in [-0.05, 0) is 49.1 Å². The van der Waals surface area contributed by atoms with Crippen LogP contribution in [-0.4, -0.2) is 12.7 Å². The molecule has 24 heavy (non-hydrogen) atoms. The second kappa shape index (κ2) is 10.6. The van der Waals surface area contributed by atoms with Gasteiger partial charge in [0, 0.05) is 12.7 Å². The van der Waals surface area contributed by atoms with Crippen molar-refractivity contribution in [1.82, 2.24) is 0 Å². The molecule has 3 heteroatoms. The molecule has 1 aliphatic rings. The summed E-state index contributed by atoms with van der Waals surface area (Å²) in [6.07, 6.45) is 10.6. The molecule has 0 radical (unpaired) electrons. The predicted octanol–water partition coefficient (Wildman–Crippen LogP) is 6.94. The molecule has 0 atom stereocenters. The van der Waals surface area contributed by atoms with E-state index in [9.17, 15) is 8.78 Å². The first-order chi connectivity index (χ1) is 11.7. The fourth-order valence-electron chi connectivity index (χ4n) is 3.51. The van der Waals surface area contributed by atoms with Gasteiger partial charge in [-0.1, -0.05) is 56.9 Å². The topological polar surface area (TPSA) is 9.23 Å². The molecule has 0 spiro atoms. The number of rotatable bonds is 9. The van der Waals surface area contributed by atoms with Crippen LogP contribution in [0.4, 0.5) is 8.78 Å². The maximum atomic E-state index is 12.3. The molecular formula is C21H30F2O. The normalized spacial score (nSPS) is 20.8. The number of hydrogen-bond acceptors (Lipinski definition) is 1. The lowest BCUT2D eigenvalue weighted by atomic mass is 9.82. The van der Waals surface area contributed by atoms with E-state index in [1.165, 1.54) is 37.7 Å². The highest BCUT2D eigenvalue weighted by Crippen LogP contribution is 2.34. The number of ether oxygens (including phenoxy) is 1. The molecule has 0 unspecified atom stereocenters. The molecule has 134 valence electrons. The Bertz CT molecular complexity index is 483. The molecule has 1 aliphatic carbocycles. The number of halogens is 2. The first-order valence-corrected chi connectivity index (χ1v) is 9.43. The van der Waals surface area contributed by atoms with Crippen molar-refractivity contribution in [3.63, 3.8) is 0 Å². The molecule has 1 saturated carbocycles. The number of hydrogen-bond donors (Lipinski definition) is 0. The largest absolute Gasteiger partial charge is 0.378 e. The minimum atomic E-state index is -1.64. The second-order valence-electron chi connectivity index (χ2n) is 6.86.